The molecule has 0 aromatic carbocycles. The molecule has 29 heavy (non-hydrogen) atoms. The topological polar surface area (TPSA) is 80.5 Å². The summed E-state index contributed by atoms with van der Waals surface area (Å²) in [7, 11) is 0. The molecule has 0 aliphatic carbocycles. The maximum Gasteiger partial charge on any atom is 0.327 e. The van der Waals surface area contributed by atoms with Gasteiger partial charge in [0.05, 0.1) is 11.3 Å². The number of pyridine rings is 1. The number of aromatic nitrogens is 1. The average Bonchev–Trinajstić information content (AvgIpc) is 2.85. The molecule has 0 unspecified atom stereocenters. The number of carbonyl (C=O) groups is 2. The standard InChI is InChI=1S/C22H31N5O2/c1-6-9-26-20(28)22(27(21(26)29)14-15(2)3)7-10-25(11-8-22)19-12-16(4)18(13-23)17(5)24-19/h12,15H,6-11,14H2,1-5H3. The third-order valence-corrected chi connectivity index (χ3v) is 6.03. The highest BCUT2D eigenvalue weighted by atomic mass is 16.2. The van der Waals surface area contributed by atoms with Crippen LogP contribution in [0.3, 0.4) is 0 Å². The molecule has 2 aliphatic heterocycles. The zero-order chi connectivity index (χ0) is 21.3. The molecule has 156 valence electrons. The summed E-state index contributed by atoms with van der Waals surface area (Å²) in [4.78, 5) is 36.4. The molecule has 3 amide bonds. The number of aryl methyl sites for hydroxylation is 2. The third kappa shape index (κ3) is 3.57. The normalized spacial score (nSPS) is 18.9. The van der Waals surface area contributed by atoms with Gasteiger partial charge in [-0.15, -0.1) is 0 Å². The van der Waals surface area contributed by atoms with Gasteiger partial charge >= 0.3 is 6.03 Å². The van der Waals surface area contributed by atoms with Gasteiger partial charge in [0.2, 0.25) is 0 Å². The first kappa shape index (κ1) is 21.1. The molecule has 0 atom stereocenters. The maximum atomic E-state index is 13.3. The Labute approximate surface area is 173 Å². The summed E-state index contributed by atoms with van der Waals surface area (Å²) in [5.74, 6) is 1.10. The van der Waals surface area contributed by atoms with Crippen LogP contribution in [0.25, 0.3) is 0 Å². The fourth-order valence-corrected chi connectivity index (χ4v) is 4.55. The number of imide groups is 1. The predicted molar refractivity (Wildman–Crippen MR) is 112 cm³/mol. The number of anilines is 1. The number of urea groups is 1. The lowest BCUT2D eigenvalue weighted by atomic mass is 9.85. The van der Waals surface area contributed by atoms with Crippen LogP contribution in [-0.2, 0) is 4.79 Å². The molecule has 1 aromatic heterocycles. The lowest BCUT2D eigenvalue weighted by Gasteiger charge is -2.43. The summed E-state index contributed by atoms with van der Waals surface area (Å²) in [6, 6.07) is 4.02. The van der Waals surface area contributed by atoms with Gasteiger partial charge in [0.15, 0.2) is 0 Å². The van der Waals surface area contributed by atoms with E-state index in [1.54, 1.807) is 0 Å². The smallest absolute Gasteiger partial charge is 0.327 e. The molecule has 0 bridgehead atoms. The van der Waals surface area contributed by atoms with E-state index in [2.05, 4.69) is 29.8 Å². The second-order valence-electron chi connectivity index (χ2n) is 8.63. The summed E-state index contributed by atoms with van der Waals surface area (Å²) in [6.45, 7) is 12.3. The number of piperidine rings is 1. The zero-order valence-electron chi connectivity index (χ0n) is 18.2. The van der Waals surface area contributed by atoms with Gasteiger partial charge in [0.25, 0.3) is 5.91 Å². The number of nitriles is 1. The summed E-state index contributed by atoms with van der Waals surface area (Å²) >= 11 is 0. The van der Waals surface area contributed by atoms with E-state index >= 15 is 0 Å². The molecule has 0 saturated carbocycles. The first-order valence-corrected chi connectivity index (χ1v) is 10.5. The Morgan fingerprint density at radius 1 is 1.24 bits per heavy atom. The van der Waals surface area contributed by atoms with Crippen LogP contribution >= 0.6 is 0 Å². The van der Waals surface area contributed by atoms with Crippen LogP contribution < -0.4 is 4.90 Å². The molecule has 2 aliphatic rings. The predicted octanol–water partition coefficient (Wildman–Crippen LogP) is 3.24. The lowest BCUT2D eigenvalue weighted by molar-refractivity contribution is -0.134. The second kappa shape index (κ2) is 8.02. The van der Waals surface area contributed by atoms with Gasteiger partial charge in [0.1, 0.15) is 17.4 Å². The van der Waals surface area contributed by atoms with Crippen molar-refractivity contribution in [2.45, 2.75) is 59.4 Å². The van der Waals surface area contributed by atoms with Crippen LogP contribution in [0.1, 0.15) is 56.9 Å². The summed E-state index contributed by atoms with van der Waals surface area (Å²) in [6.07, 6.45) is 1.97. The van der Waals surface area contributed by atoms with E-state index in [4.69, 9.17) is 0 Å². The molecular weight excluding hydrogens is 366 g/mol. The fourth-order valence-electron chi connectivity index (χ4n) is 4.55. The van der Waals surface area contributed by atoms with Crippen molar-refractivity contribution in [2.75, 3.05) is 31.1 Å². The van der Waals surface area contributed by atoms with Crippen molar-refractivity contribution in [3.63, 3.8) is 0 Å². The van der Waals surface area contributed by atoms with Crippen molar-refractivity contribution < 1.29 is 9.59 Å². The van der Waals surface area contributed by atoms with Crippen LogP contribution in [0.2, 0.25) is 0 Å². The van der Waals surface area contributed by atoms with Crippen molar-refractivity contribution in [2.24, 2.45) is 5.92 Å². The third-order valence-electron chi connectivity index (χ3n) is 6.03. The van der Waals surface area contributed by atoms with E-state index in [9.17, 15) is 14.9 Å². The Kier molecular flexibility index (Phi) is 5.83. The highest BCUT2D eigenvalue weighted by Crippen LogP contribution is 2.39. The highest BCUT2D eigenvalue weighted by molar-refractivity contribution is 6.07. The molecule has 7 heteroatoms. The van der Waals surface area contributed by atoms with Crippen LogP contribution in [0.5, 0.6) is 0 Å². The number of rotatable bonds is 5. The van der Waals surface area contributed by atoms with E-state index in [-0.39, 0.29) is 11.9 Å². The summed E-state index contributed by atoms with van der Waals surface area (Å²) in [5.41, 5.74) is 1.53. The molecule has 3 heterocycles. The number of amides is 3. The zero-order valence-corrected chi connectivity index (χ0v) is 18.2. The quantitative estimate of drug-likeness (QED) is 0.713. The van der Waals surface area contributed by atoms with E-state index in [0.29, 0.717) is 50.5 Å². The van der Waals surface area contributed by atoms with E-state index < -0.39 is 5.54 Å². The van der Waals surface area contributed by atoms with Gasteiger partial charge in [-0.3, -0.25) is 9.69 Å². The monoisotopic (exact) mass is 397 g/mol. The first-order chi connectivity index (χ1) is 13.7. The van der Waals surface area contributed by atoms with Crippen molar-refractivity contribution in [1.82, 2.24) is 14.8 Å². The van der Waals surface area contributed by atoms with Gasteiger partial charge in [0, 0.05) is 26.2 Å². The van der Waals surface area contributed by atoms with E-state index in [0.717, 1.165) is 23.5 Å². The van der Waals surface area contributed by atoms with Gasteiger partial charge in [-0.2, -0.15) is 5.26 Å². The Hall–Kier alpha value is -2.62. The second-order valence-corrected chi connectivity index (χ2v) is 8.63. The molecule has 1 aromatic rings. The van der Waals surface area contributed by atoms with E-state index in [1.807, 2.05) is 31.7 Å². The summed E-state index contributed by atoms with van der Waals surface area (Å²) in [5, 5.41) is 9.28. The Morgan fingerprint density at radius 3 is 2.41 bits per heavy atom. The van der Waals surface area contributed by atoms with Crippen molar-refractivity contribution in [3.05, 3.63) is 22.9 Å². The summed E-state index contributed by atoms with van der Waals surface area (Å²) < 4.78 is 0. The minimum atomic E-state index is -0.732. The van der Waals surface area contributed by atoms with E-state index in [1.165, 1.54) is 4.90 Å². The molecule has 3 rings (SSSR count). The Balaban J connectivity index is 1.85. The van der Waals surface area contributed by atoms with Crippen LogP contribution in [0, 0.1) is 31.1 Å². The molecular formula is C22H31N5O2. The number of nitrogens with zero attached hydrogens (tertiary/aromatic N) is 5. The number of carbonyl (C=O) groups excluding carboxylic acids is 2. The van der Waals surface area contributed by atoms with Gasteiger partial charge in [-0.25, -0.2) is 9.78 Å². The van der Waals surface area contributed by atoms with Gasteiger partial charge in [-0.1, -0.05) is 20.8 Å². The van der Waals surface area contributed by atoms with Crippen LogP contribution in [0.4, 0.5) is 10.6 Å². The van der Waals surface area contributed by atoms with Crippen molar-refractivity contribution in [1.29, 1.82) is 5.26 Å². The highest BCUT2D eigenvalue weighted by Gasteiger charge is 2.57. The molecule has 0 radical (unpaired) electrons. The molecule has 0 N–H and O–H groups in total. The number of hydrogen-bond donors (Lipinski definition) is 0. The van der Waals surface area contributed by atoms with Crippen molar-refractivity contribution >= 4 is 17.8 Å². The largest absolute Gasteiger partial charge is 0.356 e. The average molecular weight is 398 g/mol. The van der Waals surface area contributed by atoms with Crippen LogP contribution in [0.15, 0.2) is 6.07 Å². The lowest BCUT2D eigenvalue weighted by Crippen LogP contribution is -2.57. The van der Waals surface area contributed by atoms with Gasteiger partial charge in [-0.05, 0) is 50.7 Å². The first-order valence-electron chi connectivity index (χ1n) is 10.5. The maximum absolute atomic E-state index is 13.3. The fraction of sp³-hybridized carbons (Fsp3) is 0.636. The van der Waals surface area contributed by atoms with Crippen molar-refractivity contribution in [3.8, 4) is 6.07 Å². The Morgan fingerprint density at radius 2 is 1.90 bits per heavy atom. The molecule has 2 fully saturated rings. The molecule has 1 spiro atoms. The minimum absolute atomic E-state index is 0.0372. The SMILES string of the molecule is CCCN1C(=O)N(CC(C)C)C2(CCN(c3cc(C)c(C#N)c(C)n3)CC2)C1=O. The minimum Gasteiger partial charge on any atom is -0.356 e. The molecule has 7 nitrogen and oxygen atoms in total. The molecule has 2 saturated heterocycles. The van der Waals surface area contributed by atoms with Crippen LogP contribution in [-0.4, -0.2) is 58.4 Å². The number of hydrogen-bond acceptors (Lipinski definition) is 5. The Bertz CT molecular complexity index is 826. The van der Waals surface area contributed by atoms with Gasteiger partial charge < -0.3 is 9.80 Å².